The minimum Gasteiger partial charge on any atom is -0.337 e. The van der Waals surface area contributed by atoms with E-state index in [2.05, 4.69) is 48.2 Å². The van der Waals surface area contributed by atoms with Gasteiger partial charge in [0.2, 0.25) is 4.96 Å². The maximum Gasteiger partial charge on any atom is 0.213 e. The summed E-state index contributed by atoms with van der Waals surface area (Å²) in [6.07, 6.45) is 0. The van der Waals surface area contributed by atoms with Crippen molar-refractivity contribution >= 4 is 27.3 Å². The molecule has 0 radical (unpaired) electrons. The van der Waals surface area contributed by atoms with Gasteiger partial charge >= 0.3 is 0 Å². The Morgan fingerprint density at radius 1 is 0.962 bits per heavy atom. The third-order valence-electron chi connectivity index (χ3n) is 4.67. The van der Waals surface area contributed by atoms with E-state index >= 15 is 0 Å². The Morgan fingerprint density at radius 3 is 2.54 bits per heavy atom. The highest BCUT2D eigenvalue weighted by Gasteiger charge is 2.21. The number of aryl methyl sites for hydroxylation is 3. The van der Waals surface area contributed by atoms with E-state index in [0.717, 1.165) is 43.8 Å². The average Bonchev–Trinajstić information content (AvgIpc) is 3.27. The third-order valence-corrected chi connectivity index (χ3v) is 5.50. The summed E-state index contributed by atoms with van der Waals surface area (Å²) in [7, 11) is 0. The SMILES string of the molecule is Cc1nn2c(-c3nc4cc(C)c(C)cc4[nH]3)c(-c3ccccc3)nc2s1. The van der Waals surface area contributed by atoms with Crippen LogP contribution in [0.2, 0.25) is 0 Å². The molecule has 0 unspecified atom stereocenters. The summed E-state index contributed by atoms with van der Waals surface area (Å²) in [5, 5.41) is 5.64. The number of hydrogen-bond donors (Lipinski definition) is 1. The molecule has 0 saturated heterocycles. The first-order valence-electron chi connectivity index (χ1n) is 8.49. The van der Waals surface area contributed by atoms with Crippen LogP contribution in [-0.4, -0.2) is 24.6 Å². The Bertz CT molecular complexity index is 1220. The van der Waals surface area contributed by atoms with Gasteiger partial charge in [0.25, 0.3) is 0 Å². The average molecular weight is 359 g/mol. The molecule has 2 aromatic carbocycles. The number of fused-ring (bicyclic) bond motifs is 2. The summed E-state index contributed by atoms with van der Waals surface area (Å²) in [4.78, 5) is 14.0. The van der Waals surface area contributed by atoms with Crippen molar-refractivity contribution < 1.29 is 0 Å². The molecule has 0 aliphatic rings. The lowest BCUT2D eigenvalue weighted by molar-refractivity contribution is 0.945. The molecule has 5 rings (SSSR count). The molecule has 5 nitrogen and oxygen atoms in total. The maximum absolute atomic E-state index is 4.85. The second kappa shape index (κ2) is 5.51. The van der Waals surface area contributed by atoms with Gasteiger partial charge in [-0.15, -0.1) is 0 Å². The molecule has 5 aromatic rings. The van der Waals surface area contributed by atoms with E-state index in [1.54, 1.807) is 11.3 Å². The second-order valence-electron chi connectivity index (χ2n) is 6.53. The number of hydrogen-bond acceptors (Lipinski definition) is 4. The predicted octanol–water partition coefficient (Wildman–Crippen LogP) is 4.93. The molecule has 0 fully saturated rings. The molecule has 0 spiro atoms. The molecule has 1 N–H and O–H groups in total. The topological polar surface area (TPSA) is 58.9 Å². The van der Waals surface area contributed by atoms with Crippen LogP contribution in [0, 0.1) is 20.8 Å². The van der Waals surface area contributed by atoms with Crippen LogP contribution in [0.25, 0.3) is 38.8 Å². The van der Waals surface area contributed by atoms with Crippen molar-refractivity contribution in [2.45, 2.75) is 20.8 Å². The number of nitrogens with one attached hydrogen (secondary N) is 1. The Kier molecular flexibility index (Phi) is 3.24. The fourth-order valence-electron chi connectivity index (χ4n) is 3.24. The first-order chi connectivity index (χ1) is 12.6. The molecule has 3 heterocycles. The van der Waals surface area contributed by atoms with Gasteiger partial charge in [-0.3, -0.25) is 0 Å². The van der Waals surface area contributed by atoms with Gasteiger partial charge in [0.15, 0.2) is 5.82 Å². The largest absolute Gasteiger partial charge is 0.337 e. The summed E-state index contributed by atoms with van der Waals surface area (Å²) < 4.78 is 1.90. The van der Waals surface area contributed by atoms with Crippen LogP contribution >= 0.6 is 11.3 Å². The number of H-pyrrole nitrogens is 1. The van der Waals surface area contributed by atoms with Crippen molar-refractivity contribution in [2.24, 2.45) is 0 Å². The Morgan fingerprint density at radius 2 is 1.73 bits per heavy atom. The number of aromatic nitrogens is 5. The summed E-state index contributed by atoms with van der Waals surface area (Å²) in [5.74, 6) is 0.793. The monoisotopic (exact) mass is 359 g/mol. The molecule has 0 bridgehead atoms. The van der Waals surface area contributed by atoms with Crippen LogP contribution < -0.4 is 0 Å². The van der Waals surface area contributed by atoms with E-state index in [-0.39, 0.29) is 0 Å². The van der Waals surface area contributed by atoms with E-state index in [1.165, 1.54) is 11.1 Å². The van der Waals surface area contributed by atoms with Crippen LogP contribution in [0.5, 0.6) is 0 Å². The Hall–Kier alpha value is -2.99. The number of imidazole rings is 2. The molecule has 0 saturated carbocycles. The number of nitrogens with zero attached hydrogens (tertiary/aromatic N) is 4. The van der Waals surface area contributed by atoms with Gasteiger partial charge in [-0.05, 0) is 44.0 Å². The second-order valence-corrected chi connectivity index (χ2v) is 7.69. The predicted molar refractivity (Wildman–Crippen MR) is 106 cm³/mol. The lowest BCUT2D eigenvalue weighted by Gasteiger charge is -2.01. The van der Waals surface area contributed by atoms with Crippen molar-refractivity contribution in [2.75, 3.05) is 0 Å². The van der Waals surface area contributed by atoms with Crippen molar-refractivity contribution in [3.05, 3.63) is 58.6 Å². The molecule has 0 atom stereocenters. The maximum atomic E-state index is 4.85. The molecule has 0 aliphatic carbocycles. The first-order valence-corrected chi connectivity index (χ1v) is 9.31. The van der Waals surface area contributed by atoms with Crippen LogP contribution in [0.3, 0.4) is 0 Å². The van der Waals surface area contributed by atoms with Gasteiger partial charge < -0.3 is 4.98 Å². The third kappa shape index (κ3) is 2.26. The van der Waals surface area contributed by atoms with Gasteiger partial charge in [0.05, 0.1) is 11.0 Å². The zero-order chi connectivity index (χ0) is 17.8. The van der Waals surface area contributed by atoms with Crippen molar-refractivity contribution in [3.63, 3.8) is 0 Å². The van der Waals surface area contributed by atoms with Crippen LogP contribution in [0.4, 0.5) is 0 Å². The fraction of sp³-hybridized carbons (Fsp3) is 0.150. The standard InChI is InChI=1S/C20H17N5S/c1-11-9-15-16(10-12(11)2)22-19(21-15)18-17(14-7-5-4-6-8-14)23-20-25(18)24-13(3)26-20/h4-10H,1-3H3,(H,21,22). The van der Waals surface area contributed by atoms with E-state index in [1.807, 2.05) is 29.6 Å². The molecule has 26 heavy (non-hydrogen) atoms. The van der Waals surface area contributed by atoms with Gasteiger partial charge in [0.1, 0.15) is 16.4 Å². The fourth-order valence-corrected chi connectivity index (χ4v) is 3.98. The smallest absolute Gasteiger partial charge is 0.213 e. The van der Waals surface area contributed by atoms with E-state index in [4.69, 9.17) is 9.97 Å². The van der Waals surface area contributed by atoms with Gasteiger partial charge in [0, 0.05) is 5.56 Å². The summed E-state index contributed by atoms with van der Waals surface area (Å²) in [5.41, 5.74) is 7.35. The molecule has 128 valence electrons. The van der Waals surface area contributed by atoms with Crippen molar-refractivity contribution in [1.29, 1.82) is 0 Å². The Balaban J connectivity index is 1.82. The molecular formula is C20H17N5S. The molecule has 6 heteroatoms. The molecule has 3 aromatic heterocycles. The zero-order valence-corrected chi connectivity index (χ0v) is 15.6. The number of rotatable bonds is 2. The quantitative estimate of drug-likeness (QED) is 0.486. The highest BCUT2D eigenvalue weighted by Crippen LogP contribution is 2.34. The highest BCUT2D eigenvalue weighted by atomic mass is 32.1. The first kappa shape index (κ1) is 15.3. The summed E-state index contributed by atoms with van der Waals surface area (Å²) in [6.45, 7) is 6.22. The zero-order valence-electron chi connectivity index (χ0n) is 14.7. The summed E-state index contributed by atoms with van der Waals surface area (Å²) >= 11 is 1.59. The normalized spacial score (nSPS) is 11.7. The van der Waals surface area contributed by atoms with Gasteiger partial charge in [-0.1, -0.05) is 41.7 Å². The molecule has 0 aliphatic heterocycles. The molecule has 0 amide bonds. The minimum absolute atomic E-state index is 0.793. The van der Waals surface area contributed by atoms with Crippen molar-refractivity contribution in [1.82, 2.24) is 24.6 Å². The van der Waals surface area contributed by atoms with Crippen LogP contribution in [0.1, 0.15) is 16.1 Å². The van der Waals surface area contributed by atoms with Crippen molar-refractivity contribution in [3.8, 4) is 22.8 Å². The Labute approximate surface area is 154 Å². The minimum atomic E-state index is 0.793. The number of aromatic amines is 1. The van der Waals surface area contributed by atoms with Gasteiger partial charge in [-0.25, -0.2) is 9.97 Å². The number of benzene rings is 2. The van der Waals surface area contributed by atoms with Crippen LogP contribution in [-0.2, 0) is 0 Å². The van der Waals surface area contributed by atoms with E-state index in [0.29, 0.717) is 0 Å². The molecular weight excluding hydrogens is 342 g/mol. The van der Waals surface area contributed by atoms with E-state index < -0.39 is 0 Å². The van der Waals surface area contributed by atoms with Crippen LogP contribution in [0.15, 0.2) is 42.5 Å². The lowest BCUT2D eigenvalue weighted by Crippen LogP contribution is -1.93. The summed E-state index contributed by atoms with van der Waals surface area (Å²) in [6, 6.07) is 14.5. The lowest BCUT2D eigenvalue weighted by atomic mass is 10.1. The van der Waals surface area contributed by atoms with E-state index in [9.17, 15) is 0 Å². The van der Waals surface area contributed by atoms with Gasteiger partial charge in [-0.2, -0.15) is 9.61 Å². The highest BCUT2D eigenvalue weighted by molar-refractivity contribution is 7.16.